The van der Waals surface area contributed by atoms with Gasteiger partial charge in [0, 0.05) is 33.5 Å². The van der Waals surface area contributed by atoms with Gasteiger partial charge in [-0.2, -0.15) is 0 Å². The van der Waals surface area contributed by atoms with Gasteiger partial charge >= 0.3 is 0 Å². The summed E-state index contributed by atoms with van der Waals surface area (Å²) in [5.41, 5.74) is 7.59. The molecule has 3 nitrogen and oxygen atoms in total. The lowest BCUT2D eigenvalue weighted by Gasteiger charge is -2.31. The number of para-hydroxylation sites is 4. The van der Waals surface area contributed by atoms with Crippen LogP contribution in [0.25, 0.3) is 21.9 Å². The molecule has 0 fully saturated rings. The Labute approximate surface area is 238 Å². The molecule has 7 aromatic rings. The van der Waals surface area contributed by atoms with E-state index >= 15 is 0 Å². The topological polar surface area (TPSA) is 19.6 Å². The molecule has 0 amide bonds. The first-order valence-electron chi connectivity index (χ1n) is 13.2. The van der Waals surface area contributed by atoms with E-state index in [1.54, 1.807) is 0 Å². The fourth-order valence-electron chi connectivity index (χ4n) is 5.29. The van der Waals surface area contributed by atoms with Crippen LogP contribution in [0.15, 0.2) is 156 Å². The smallest absolute Gasteiger partial charge is 0.135 e. The predicted octanol–water partition coefficient (Wildman–Crippen LogP) is 11.2. The van der Waals surface area contributed by atoms with E-state index in [-0.39, 0.29) is 0 Å². The number of hydrogen-bond donors (Lipinski definition) is 0. The number of furan rings is 1. The summed E-state index contributed by atoms with van der Waals surface area (Å²) in [6.45, 7) is 0. The van der Waals surface area contributed by atoms with E-state index in [4.69, 9.17) is 16.0 Å². The molecule has 0 spiro atoms. The summed E-state index contributed by atoms with van der Waals surface area (Å²) in [7, 11) is 0. The molecule has 4 heteroatoms. The van der Waals surface area contributed by atoms with Crippen molar-refractivity contribution < 1.29 is 4.42 Å². The van der Waals surface area contributed by atoms with Gasteiger partial charge in [0.05, 0.1) is 16.4 Å². The van der Waals surface area contributed by atoms with E-state index in [0.29, 0.717) is 5.02 Å². The zero-order chi connectivity index (χ0) is 26.9. The van der Waals surface area contributed by atoms with Crippen LogP contribution in [0.1, 0.15) is 0 Å². The quantitative estimate of drug-likeness (QED) is 0.211. The highest BCUT2D eigenvalue weighted by Crippen LogP contribution is 2.47. The molecule has 1 aromatic heterocycles. The first-order valence-corrected chi connectivity index (χ1v) is 13.6. The second-order valence-electron chi connectivity index (χ2n) is 9.57. The molecule has 0 saturated carbocycles. The lowest BCUT2D eigenvalue weighted by Crippen LogP contribution is -2.14. The van der Waals surface area contributed by atoms with Gasteiger partial charge in [-0.15, -0.1) is 0 Å². The zero-order valence-corrected chi connectivity index (χ0v) is 22.4. The van der Waals surface area contributed by atoms with Crippen LogP contribution in [0.4, 0.5) is 34.1 Å². The van der Waals surface area contributed by atoms with Crippen molar-refractivity contribution in [1.82, 2.24) is 0 Å². The molecule has 1 heterocycles. The normalized spacial score (nSPS) is 11.1. The van der Waals surface area contributed by atoms with E-state index in [9.17, 15) is 0 Å². The van der Waals surface area contributed by atoms with Crippen LogP contribution in [0.3, 0.4) is 0 Å². The van der Waals surface area contributed by atoms with E-state index in [0.717, 1.165) is 56.1 Å². The van der Waals surface area contributed by atoms with Crippen molar-refractivity contribution in [3.63, 3.8) is 0 Å². The molecule has 6 aromatic carbocycles. The third kappa shape index (κ3) is 4.27. The fraction of sp³-hybridized carbons (Fsp3) is 0. The van der Waals surface area contributed by atoms with Gasteiger partial charge in [-0.05, 0) is 72.8 Å². The third-order valence-corrected chi connectivity index (χ3v) is 7.49. The average molecular weight is 537 g/mol. The summed E-state index contributed by atoms with van der Waals surface area (Å²) in [5.74, 6) is 0. The lowest BCUT2D eigenvalue weighted by atomic mass is 10.1. The van der Waals surface area contributed by atoms with E-state index < -0.39 is 0 Å². The Kier molecular flexibility index (Phi) is 6.19. The molecule has 0 aliphatic carbocycles. The Morgan fingerprint density at radius 3 is 1.45 bits per heavy atom. The van der Waals surface area contributed by atoms with Gasteiger partial charge in [0.1, 0.15) is 11.2 Å². The Hall–Kier alpha value is -4.99. The van der Waals surface area contributed by atoms with Crippen LogP contribution in [0.2, 0.25) is 5.02 Å². The maximum Gasteiger partial charge on any atom is 0.135 e. The number of halogens is 1. The Balaban J connectivity index is 1.44. The summed E-state index contributed by atoms with van der Waals surface area (Å²) in [6, 6.07) is 51.6. The molecule has 0 N–H and O–H groups in total. The highest BCUT2D eigenvalue weighted by Gasteiger charge is 2.22. The SMILES string of the molecule is Clc1c(N(c2ccccc2)c2ccccc2)cccc1N(c1ccccc1)c1ccc2oc3ccccc3c2c1. The van der Waals surface area contributed by atoms with Gasteiger partial charge in [0.15, 0.2) is 0 Å². The van der Waals surface area contributed by atoms with Gasteiger partial charge in [0.2, 0.25) is 0 Å². The van der Waals surface area contributed by atoms with Gasteiger partial charge in [0.25, 0.3) is 0 Å². The zero-order valence-electron chi connectivity index (χ0n) is 21.6. The standard InChI is InChI=1S/C36H25ClN2O/c37-36-32(38(26-13-4-1-5-14-26)27-15-6-2-7-16-27)20-12-21-33(36)39(28-17-8-3-9-18-28)29-23-24-35-31(25-29)30-19-10-11-22-34(30)40-35/h1-25H. The minimum absolute atomic E-state index is 0.649. The summed E-state index contributed by atoms with van der Waals surface area (Å²) in [4.78, 5) is 4.41. The van der Waals surface area contributed by atoms with Crippen molar-refractivity contribution in [2.75, 3.05) is 9.80 Å². The predicted molar refractivity (Wildman–Crippen MR) is 168 cm³/mol. The van der Waals surface area contributed by atoms with Crippen LogP contribution < -0.4 is 9.80 Å². The van der Waals surface area contributed by atoms with Crippen LogP contribution in [-0.2, 0) is 0 Å². The van der Waals surface area contributed by atoms with E-state index in [1.165, 1.54) is 0 Å². The molecule has 40 heavy (non-hydrogen) atoms. The lowest BCUT2D eigenvalue weighted by molar-refractivity contribution is 0.669. The molecule has 0 radical (unpaired) electrons. The molecule has 192 valence electrons. The summed E-state index contributed by atoms with van der Waals surface area (Å²) in [6.07, 6.45) is 0. The van der Waals surface area contributed by atoms with E-state index in [2.05, 4.69) is 82.6 Å². The molecule has 0 bridgehead atoms. The molecule has 0 atom stereocenters. The van der Waals surface area contributed by atoms with Gasteiger partial charge < -0.3 is 14.2 Å². The largest absolute Gasteiger partial charge is 0.456 e. The Bertz CT molecular complexity index is 1880. The van der Waals surface area contributed by atoms with Crippen molar-refractivity contribution in [2.24, 2.45) is 0 Å². The van der Waals surface area contributed by atoms with Crippen LogP contribution >= 0.6 is 11.6 Å². The van der Waals surface area contributed by atoms with Crippen LogP contribution in [0.5, 0.6) is 0 Å². The number of hydrogen-bond acceptors (Lipinski definition) is 3. The van der Waals surface area contributed by atoms with Crippen molar-refractivity contribution in [2.45, 2.75) is 0 Å². The molecular formula is C36H25ClN2O. The van der Waals surface area contributed by atoms with Crippen molar-refractivity contribution in [1.29, 1.82) is 0 Å². The molecule has 0 saturated heterocycles. The molecule has 7 rings (SSSR count). The van der Waals surface area contributed by atoms with Gasteiger partial charge in [-0.1, -0.05) is 90.5 Å². The average Bonchev–Trinajstić information content (AvgIpc) is 3.39. The van der Waals surface area contributed by atoms with Crippen LogP contribution in [0, 0.1) is 0 Å². The molecule has 0 aliphatic rings. The van der Waals surface area contributed by atoms with Crippen molar-refractivity contribution in [3.8, 4) is 0 Å². The van der Waals surface area contributed by atoms with Crippen molar-refractivity contribution >= 4 is 67.7 Å². The maximum absolute atomic E-state index is 7.39. The van der Waals surface area contributed by atoms with Gasteiger partial charge in [-0.3, -0.25) is 0 Å². The Morgan fingerprint density at radius 2 is 0.875 bits per heavy atom. The first kappa shape index (κ1) is 24.1. The molecule has 0 unspecified atom stereocenters. The first-order chi connectivity index (χ1) is 19.8. The molecular weight excluding hydrogens is 512 g/mol. The second-order valence-corrected chi connectivity index (χ2v) is 9.94. The highest BCUT2D eigenvalue weighted by molar-refractivity contribution is 6.36. The monoisotopic (exact) mass is 536 g/mol. The highest BCUT2D eigenvalue weighted by atomic mass is 35.5. The third-order valence-electron chi connectivity index (χ3n) is 7.10. The second kappa shape index (κ2) is 10.3. The number of anilines is 6. The fourth-order valence-corrected chi connectivity index (χ4v) is 5.59. The number of nitrogens with zero attached hydrogens (tertiary/aromatic N) is 2. The van der Waals surface area contributed by atoms with Gasteiger partial charge in [-0.25, -0.2) is 0 Å². The van der Waals surface area contributed by atoms with E-state index in [1.807, 2.05) is 78.9 Å². The summed E-state index contributed by atoms with van der Waals surface area (Å²) < 4.78 is 6.12. The minimum atomic E-state index is 0.649. The minimum Gasteiger partial charge on any atom is -0.456 e. The summed E-state index contributed by atoms with van der Waals surface area (Å²) >= 11 is 7.39. The Morgan fingerprint density at radius 1 is 0.400 bits per heavy atom. The number of rotatable bonds is 6. The molecule has 0 aliphatic heterocycles. The summed E-state index contributed by atoms with van der Waals surface area (Å²) in [5, 5.41) is 2.80. The maximum atomic E-state index is 7.39. The van der Waals surface area contributed by atoms with Crippen LogP contribution in [-0.4, -0.2) is 0 Å². The number of fused-ring (bicyclic) bond motifs is 3. The number of benzene rings is 6. The van der Waals surface area contributed by atoms with Crippen molar-refractivity contribution in [3.05, 3.63) is 157 Å².